The molecule has 0 saturated heterocycles. The van der Waals surface area contributed by atoms with Crippen molar-refractivity contribution in [2.45, 2.75) is 19.4 Å². The summed E-state index contributed by atoms with van der Waals surface area (Å²) < 4.78 is 6.94. The van der Waals surface area contributed by atoms with Crippen molar-refractivity contribution in [1.29, 1.82) is 0 Å². The van der Waals surface area contributed by atoms with Gasteiger partial charge in [0.1, 0.15) is 5.78 Å². The number of ketones is 1. The van der Waals surface area contributed by atoms with Gasteiger partial charge < -0.3 is 4.74 Å². The van der Waals surface area contributed by atoms with Gasteiger partial charge in [0.05, 0.1) is 42.0 Å². The number of rotatable bonds is 6. The van der Waals surface area contributed by atoms with Crippen LogP contribution >= 0.6 is 31.9 Å². The summed E-state index contributed by atoms with van der Waals surface area (Å²) in [4.78, 5) is 22.2. The van der Waals surface area contributed by atoms with Crippen LogP contribution < -0.4 is 0 Å². The van der Waals surface area contributed by atoms with Crippen LogP contribution in [0.15, 0.2) is 10.7 Å². The molecule has 0 spiro atoms. The lowest BCUT2D eigenvalue weighted by Crippen LogP contribution is -2.09. The summed E-state index contributed by atoms with van der Waals surface area (Å²) in [6, 6.07) is 0. The molecule has 0 aromatic carbocycles. The number of ether oxygens (including phenoxy) is 1. The Morgan fingerprint density at radius 3 is 2.82 bits per heavy atom. The molecule has 0 unspecified atom stereocenters. The highest BCUT2D eigenvalue weighted by Gasteiger charge is 2.11. The first-order valence-corrected chi connectivity index (χ1v) is 6.84. The first-order chi connectivity index (χ1) is 8.06. The molecule has 0 aliphatic rings. The average Bonchev–Trinajstić information content (AvgIpc) is 2.66. The zero-order chi connectivity index (χ0) is 12.8. The van der Waals surface area contributed by atoms with Crippen molar-refractivity contribution in [3.05, 3.63) is 16.4 Å². The van der Waals surface area contributed by atoms with Crippen LogP contribution in [0.1, 0.15) is 12.1 Å². The summed E-state index contributed by atoms with van der Waals surface area (Å²) in [7, 11) is 1.35. The average molecular weight is 368 g/mol. The molecule has 0 atom stereocenters. The van der Waals surface area contributed by atoms with Crippen molar-refractivity contribution >= 4 is 43.6 Å². The molecule has 0 saturated carbocycles. The standard InChI is InChI=1S/C10H12Br2N2O3/c1-17-10(16)2-3-14-6-8(12)9(13-14)4-7(15)5-11/h6H,2-5H2,1H3. The van der Waals surface area contributed by atoms with Gasteiger partial charge in [-0.2, -0.15) is 5.10 Å². The molecule has 0 amide bonds. The van der Waals surface area contributed by atoms with Crippen molar-refractivity contribution in [2.24, 2.45) is 0 Å². The number of aryl methyl sites for hydroxylation is 1. The maximum absolute atomic E-state index is 11.3. The largest absolute Gasteiger partial charge is 0.469 e. The number of Topliss-reactive ketones (excluding diaryl/α,β-unsaturated/α-hetero) is 1. The summed E-state index contributed by atoms with van der Waals surface area (Å²) in [6.07, 6.45) is 2.29. The zero-order valence-electron chi connectivity index (χ0n) is 9.28. The Bertz CT molecular complexity index is 418. The second-order valence-electron chi connectivity index (χ2n) is 3.36. The number of carbonyl (C=O) groups excluding carboxylic acids is 2. The maximum atomic E-state index is 11.3. The molecule has 1 aromatic heterocycles. The lowest BCUT2D eigenvalue weighted by Gasteiger charge is -1.99. The van der Waals surface area contributed by atoms with Gasteiger partial charge in [0.25, 0.3) is 0 Å². The number of hydrogen-bond donors (Lipinski definition) is 0. The summed E-state index contributed by atoms with van der Waals surface area (Å²) in [5, 5.41) is 4.54. The highest BCUT2D eigenvalue weighted by Crippen LogP contribution is 2.16. The molecule has 1 heterocycles. The number of nitrogens with zero attached hydrogens (tertiary/aromatic N) is 2. The Morgan fingerprint density at radius 2 is 2.24 bits per heavy atom. The van der Waals surface area contributed by atoms with Gasteiger partial charge in [0, 0.05) is 6.20 Å². The Morgan fingerprint density at radius 1 is 1.53 bits per heavy atom. The Hall–Kier alpha value is -0.690. The first-order valence-electron chi connectivity index (χ1n) is 4.93. The molecule has 0 bridgehead atoms. The van der Waals surface area contributed by atoms with Crippen molar-refractivity contribution in [3.8, 4) is 0 Å². The molecular formula is C10H12Br2N2O3. The predicted octanol–water partition coefficient (Wildman–Crippen LogP) is 1.72. The smallest absolute Gasteiger partial charge is 0.307 e. The van der Waals surface area contributed by atoms with Crippen LogP contribution in [0.2, 0.25) is 0 Å². The summed E-state index contributed by atoms with van der Waals surface area (Å²) >= 11 is 6.43. The molecule has 1 aromatic rings. The molecule has 0 aliphatic heterocycles. The third-order valence-electron chi connectivity index (χ3n) is 2.07. The predicted molar refractivity (Wildman–Crippen MR) is 69.1 cm³/mol. The minimum Gasteiger partial charge on any atom is -0.469 e. The molecular weight excluding hydrogens is 356 g/mol. The van der Waals surface area contributed by atoms with Gasteiger partial charge in [-0.25, -0.2) is 0 Å². The van der Waals surface area contributed by atoms with E-state index in [0.29, 0.717) is 17.6 Å². The van der Waals surface area contributed by atoms with E-state index in [1.54, 1.807) is 10.9 Å². The molecule has 7 heteroatoms. The fourth-order valence-corrected chi connectivity index (χ4v) is 1.87. The van der Waals surface area contributed by atoms with Crippen LogP contribution in [0.25, 0.3) is 0 Å². The molecule has 1 rings (SSSR count). The molecule has 0 N–H and O–H groups in total. The van der Waals surface area contributed by atoms with E-state index in [-0.39, 0.29) is 24.6 Å². The summed E-state index contributed by atoms with van der Waals surface area (Å²) in [5.74, 6) is -0.223. The van der Waals surface area contributed by atoms with E-state index in [0.717, 1.165) is 4.47 Å². The molecule has 0 fully saturated rings. The van der Waals surface area contributed by atoms with Gasteiger partial charge in [0.15, 0.2) is 0 Å². The van der Waals surface area contributed by atoms with Crippen molar-refractivity contribution in [1.82, 2.24) is 9.78 Å². The number of alkyl halides is 1. The fourth-order valence-electron chi connectivity index (χ4n) is 1.21. The highest BCUT2D eigenvalue weighted by molar-refractivity contribution is 9.10. The number of methoxy groups -OCH3 is 1. The van der Waals surface area contributed by atoms with Crippen LogP contribution in [-0.4, -0.2) is 34.0 Å². The van der Waals surface area contributed by atoms with Gasteiger partial charge in [-0.3, -0.25) is 14.3 Å². The quantitative estimate of drug-likeness (QED) is 0.567. The molecule has 17 heavy (non-hydrogen) atoms. The van der Waals surface area contributed by atoms with Gasteiger partial charge in [0.2, 0.25) is 0 Å². The number of carbonyl (C=O) groups is 2. The van der Waals surface area contributed by atoms with Gasteiger partial charge in [-0.15, -0.1) is 0 Å². The van der Waals surface area contributed by atoms with Gasteiger partial charge in [-0.1, -0.05) is 15.9 Å². The van der Waals surface area contributed by atoms with E-state index < -0.39 is 0 Å². The lowest BCUT2D eigenvalue weighted by molar-refractivity contribution is -0.140. The third kappa shape index (κ3) is 4.59. The second-order valence-corrected chi connectivity index (χ2v) is 4.78. The van der Waals surface area contributed by atoms with Gasteiger partial charge in [-0.05, 0) is 15.9 Å². The Kier molecular flexibility index (Phi) is 5.84. The number of hydrogen-bond acceptors (Lipinski definition) is 4. The molecule has 94 valence electrons. The van der Waals surface area contributed by atoms with E-state index >= 15 is 0 Å². The van der Waals surface area contributed by atoms with E-state index in [4.69, 9.17) is 0 Å². The third-order valence-corrected chi connectivity index (χ3v) is 3.36. The molecule has 0 radical (unpaired) electrons. The van der Waals surface area contributed by atoms with Crippen LogP contribution in [0.4, 0.5) is 0 Å². The number of aromatic nitrogens is 2. The Labute approximate surface area is 116 Å². The van der Waals surface area contributed by atoms with Crippen LogP contribution in [-0.2, 0) is 27.3 Å². The second kappa shape index (κ2) is 6.90. The minimum atomic E-state index is -0.283. The van der Waals surface area contributed by atoms with E-state index in [9.17, 15) is 9.59 Å². The van der Waals surface area contributed by atoms with Crippen LogP contribution in [0.5, 0.6) is 0 Å². The van der Waals surface area contributed by atoms with Crippen LogP contribution in [0.3, 0.4) is 0 Å². The van der Waals surface area contributed by atoms with E-state index in [2.05, 4.69) is 41.7 Å². The number of esters is 1. The zero-order valence-corrected chi connectivity index (χ0v) is 12.5. The Balaban J connectivity index is 2.61. The number of halogens is 2. The lowest BCUT2D eigenvalue weighted by atomic mass is 10.2. The van der Waals surface area contributed by atoms with E-state index in [1.807, 2.05) is 0 Å². The molecule has 5 nitrogen and oxygen atoms in total. The van der Waals surface area contributed by atoms with Crippen LogP contribution in [0, 0.1) is 0 Å². The molecule has 0 aliphatic carbocycles. The van der Waals surface area contributed by atoms with Crippen molar-refractivity contribution in [3.63, 3.8) is 0 Å². The first kappa shape index (κ1) is 14.4. The SMILES string of the molecule is COC(=O)CCn1cc(Br)c(CC(=O)CBr)n1. The topological polar surface area (TPSA) is 61.2 Å². The minimum absolute atomic E-state index is 0.0592. The van der Waals surface area contributed by atoms with E-state index in [1.165, 1.54) is 7.11 Å². The fraction of sp³-hybridized carbons (Fsp3) is 0.500. The van der Waals surface area contributed by atoms with Gasteiger partial charge >= 0.3 is 5.97 Å². The highest BCUT2D eigenvalue weighted by atomic mass is 79.9. The van der Waals surface area contributed by atoms with Crippen molar-refractivity contribution in [2.75, 3.05) is 12.4 Å². The maximum Gasteiger partial charge on any atom is 0.307 e. The summed E-state index contributed by atoms with van der Waals surface area (Å²) in [5.41, 5.74) is 0.680. The summed E-state index contributed by atoms with van der Waals surface area (Å²) in [6.45, 7) is 0.438. The van der Waals surface area contributed by atoms with Crippen molar-refractivity contribution < 1.29 is 14.3 Å². The normalized spacial score (nSPS) is 10.3. The monoisotopic (exact) mass is 366 g/mol.